The number of cyclic esters (lactones) is 1. The molecule has 1 saturated heterocycles. The van der Waals surface area contributed by atoms with E-state index in [4.69, 9.17) is 25.8 Å². The van der Waals surface area contributed by atoms with Crippen molar-refractivity contribution >= 4 is 41.6 Å². The second-order valence-electron chi connectivity index (χ2n) is 11.7. The topological polar surface area (TPSA) is 113 Å². The van der Waals surface area contributed by atoms with Crippen molar-refractivity contribution in [3.05, 3.63) is 47.0 Å². The maximum absolute atomic E-state index is 14.0. The minimum atomic E-state index is -1.90. The number of fused-ring (bicyclic) bond motifs is 2. The molecule has 4 fully saturated rings. The number of benzene rings is 1. The van der Waals surface area contributed by atoms with E-state index >= 15 is 0 Å². The van der Waals surface area contributed by atoms with Crippen LogP contribution < -0.4 is 0 Å². The molecular formula is C29H31ClO8. The first-order valence-corrected chi connectivity index (χ1v) is 13.3. The van der Waals surface area contributed by atoms with Gasteiger partial charge >= 0.3 is 17.9 Å². The minimum absolute atomic E-state index is 0.103. The quantitative estimate of drug-likeness (QED) is 0.183. The van der Waals surface area contributed by atoms with Crippen molar-refractivity contribution in [2.75, 3.05) is 6.61 Å². The number of carbonyl (C=O) groups is 5. The third kappa shape index (κ3) is 3.45. The van der Waals surface area contributed by atoms with Gasteiger partial charge in [0.2, 0.25) is 0 Å². The molecule has 1 aromatic rings. The summed E-state index contributed by atoms with van der Waals surface area (Å²) in [6.07, 6.45) is 0.699. The van der Waals surface area contributed by atoms with Gasteiger partial charge in [0.05, 0.1) is 16.0 Å². The van der Waals surface area contributed by atoms with E-state index in [1.807, 2.05) is 13.8 Å². The maximum atomic E-state index is 14.0. The third-order valence-electron chi connectivity index (χ3n) is 9.53. The summed E-state index contributed by atoms with van der Waals surface area (Å²) in [6.45, 7) is 9.01. The molecule has 1 aliphatic heterocycles. The third-order valence-corrected chi connectivity index (χ3v) is 9.86. The lowest BCUT2D eigenvalue weighted by atomic mass is 9.43. The molecule has 8 nitrogen and oxygen atoms in total. The fraction of sp³-hybridized carbons (Fsp3) is 0.552. The zero-order chi connectivity index (χ0) is 27.6. The summed E-state index contributed by atoms with van der Waals surface area (Å²) in [6, 6.07) is 6.36. The number of esters is 3. The van der Waals surface area contributed by atoms with Crippen molar-refractivity contribution in [1.29, 1.82) is 0 Å². The van der Waals surface area contributed by atoms with E-state index in [0.29, 0.717) is 25.7 Å². The molecule has 7 atom stereocenters. The molecule has 4 aliphatic rings. The molecule has 0 radical (unpaired) electrons. The predicted molar refractivity (Wildman–Crippen MR) is 135 cm³/mol. The molecule has 0 N–H and O–H groups in total. The Balaban J connectivity index is 1.68. The van der Waals surface area contributed by atoms with E-state index < -0.39 is 69.9 Å². The number of ether oxygens (including phenoxy) is 3. The number of halogens is 1. The Labute approximate surface area is 226 Å². The van der Waals surface area contributed by atoms with Gasteiger partial charge in [-0.15, -0.1) is 0 Å². The van der Waals surface area contributed by atoms with E-state index in [1.165, 1.54) is 13.0 Å². The summed E-state index contributed by atoms with van der Waals surface area (Å²) in [4.78, 5) is 66.1. The lowest BCUT2D eigenvalue weighted by molar-refractivity contribution is -0.250. The summed E-state index contributed by atoms with van der Waals surface area (Å²) >= 11 is 6.24. The fourth-order valence-electron chi connectivity index (χ4n) is 7.91. The first-order chi connectivity index (χ1) is 17.9. The zero-order valence-corrected chi connectivity index (χ0v) is 22.4. The van der Waals surface area contributed by atoms with E-state index in [2.05, 4.69) is 6.58 Å². The van der Waals surface area contributed by atoms with E-state index in [1.54, 1.807) is 18.2 Å². The maximum Gasteiger partial charge on any atom is 0.339 e. The van der Waals surface area contributed by atoms with Crippen LogP contribution in [0.25, 0.3) is 0 Å². The summed E-state index contributed by atoms with van der Waals surface area (Å²) in [5.41, 5.74) is -3.31. The number of carbonyl (C=O) groups excluding carboxylic acids is 5. The van der Waals surface area contributed by atoms with Crippen molar-refractivity contribution < 1.29 is 38.2 Å². The molecule has 1 heterocycles. The highest BCUT2D eigenvalue weighted by Crippen LogP contribution is 2.68. The molecule has 5 rings (SSSR count). The Hall–Kier alpha value is -3.00. The normalized spacial score (nSPS) is 37.3. The van der Waals surface area contributed by atoms with Gasteiger partial charge in [0, 0.05) is 18.8 Å². The number of hydrogen-bond acceptors (Lipinski definition) is 8. The highest BCUT2D eigenvalue weighted by Gasteiger charge is 2.79. The van der Waals surface area contributed by atoms with Gasteiger partial charge in [-0.3, -0.25) is 14.4 Å². The Morgan fingerprint density at radius 3 is 2.50 bits per heavy atom. The van der Waals surface area contributed by atoms with Gasteiger partial charge in [0.15, 0.2) is 11.2 Å². The molecule has 9 heteroatoms. The van der Waals surface area contributed by atoms with Crippen LogP contribution in [0.5, 0.6) is 0 Å². The highest BCUT2D eigenvalue weighted by molar-refractivity contribution is 6.33. The lowest BCUT2D eigenvalue weighted by Crippen LogP contribution is -2.71. The molecule has 202 valence electrons. The lowest BCUT2D eigenvalue weighted by Gasteiger charge is -2.62. The Bertz CT molecular complexity index is 1250. The largest absolute Gasteiger partial charge is 0.464 e. The first-order valence-electron chi connectivity index (χ1n) is 12.9. The van der Waals surface area contributed by atoms with Crippen LogP contribution in [0, 0.1) is 34.0 Å². The minimum Gasteiger partial charge on any atom is -0.464 e. The van der Waals surface area contributed by atoms with Crippen LogP contribution in [-0.2, 0) is 33.4 Å². The highest BCUT2D eigenvalue weighted by atomic mass is 35.5. The van der Waals surface area contributed by atoms with Crippen LogP contribution >= 0.6 is 11.6 Å². The second-order valence-corrected chi connectivity index (χ2v) is 12.1. The standard InChI is InChI=1S/C29H31ClO8/c1-15-17-9-10-20-28(21(13-31)27(3,4)12-11-22(28)37-16(2)32)14-36-26(35)29(20,23(15)33)24(17)38-25(34)18-7-5-6-8-19(18)30/h5-8,13,17,20-22,24H,1,9-12,14H2,2-4H3/t17-,20-,21+,22-,24+,28-,29-/m0/s1. The van der Waals surface area contributed by atoms with Crippen molar-refractivity contribution in [3.8, 4) is 0 Å². The van der Waals surface area contributed by atoms with Gasteiger partial charge in [0.1, 0.15) is 25.1 Å². The second kappa shape index (κ2) is 9.04. The summed E-state index contributed by atoms with van der Waals surface area (Å²) < 4.78 is 17.6. The molecule has 0 unspecified atom stereocenters. The fourth-order valence-corrected chi connectivity index (χ4v) is 8.13. The zero-order valence-electron chi connectivity index (χ0n) is 21.7. The van der Waals surface area contributed by atoms with E-state index in [0.717, 1.165) is 6.29 Å². The molecule has 0 amide bonds. The van der Waals surface area contributed by atoms with Crippen LogP contribution in [0.1, 0.15) is 56.8 Å². The molecule has 3 saturated carbocycles. The van der Waals surface area contributed by atoms with Crippen LogP contribution in [-0.4, -0.2) is 48.8 Å². The number of Topliss-reactive ketones (excluding diaryl/α,β-unsaturated/α-hetero) is 1. The molecule has 2 spiro atoms. The van der Waals surface area contributed by atoms with Crippen molar-refractivity contribution in [1.82, 2.24) is 0 Å². The smallest absolute Gasteiger partial charge is 0.339 e. The molecule has 2 bridgehead atoms. The van der Waals surface area contributed by atoms with Gasteiger partial charge < -0.3 is 19.0 Å². The van der Waals surface area contributed by atoms with Crippen molar-refractivity contribution in [3.63, 3.8) is 0 Å². The van der Waals surface area contributed by atoms with Gasteiger partial charge in [-0.1, -0.05) is 44.2 Å². The van der Waals surface area contributed by atoms with Gasteiger partial charge in [-0.05, 0) is 54.7 Å². The summed E-state index contributed by atoms with van der Waals surface area (Å²) in [7, 11) is 0. The molecule has 38 heavy (non-hydrogen) atoms. The van der Waals surface area contributed by atoms with Gasteiger partial charge in [0.25, 0.3) is 0 Å². The summed E-state index contributed by atoms with van der Waals surface area (Å²) in [5, 5.41) is 0.174. The molecule has 0 aromatic heterocycles. The van der Waals surface area contributed by atoms with Crippen molar-refractivity contribution in [2.45, 2.75) is 58.7 Å². The van der Waals surface area contributed by atoms with Gasteiger partial charge in [-0.2, -0.15) is 0 Å². The average Bonchev–Trinajstić information content (AvgIpc) is 2.97. The first kappa shape index (κ1) is 26.6. The molecule has 3 aliphatic carbocycles. The SMILES string of the molecule is C=C1C(=O)[C@@]23C(=O)OC[C@]4([C@@H](OC(C)=O)CCC(C)(C)[C@H]4C=O)[C@@H]2CC[C@@H]1[C@H]3OC(=O)c1ccccc1Cl. The Morgan fingerprint density at radius 2 is 1.84 bits per heavy atom. The Morgan fingerprint density at radius 1 is 1.13 bits per heavy atom. The Kier molecular flexibility index (Phi) is 6.33. The molecule has 1 aromatic carbocycles. The average molecular weight is 543 g/mol. The predicted octanol–water partition coefficient (Wildman–Crippen LogP) is 4.13. The van der Waals surface area contributed by atoms with Crippen LogP contribution in [0.2, 0.25) is 5.02 Å². The van der Waals surface area contributed by atoms with Crippen LogP contribution in [0.15, 0.2) is 36.4 Å². The number of ketones is 1. The van der Waals surface area contributed by atoms with E-state index in [-0.39, 0.29) is 22.8 Å². The number of aldehydes is 1. The monoisotopic (exact) mass is 542 g/mol. The summed E-state index contributed by atoms with van der Waals surface area (Å²) in [5.74, 6) is -4.70. The van der Waals surface area contributed by atoms with Crippen molar-refractivity contribution in [2.24, 2.45) is 34.0 Å². The van der Waals surface area contributed by atoms with Crippen LogP contribution in [0.4, 0.5) is 0 Å². The molecular weight excluding hydrogens is 512 g/mol. The van der Waals surface area contributed by atoms with Gasteiger partial charge in [-0.25, -0.2) is 4.79 Å². The van der Waals surface area contributed by atoms with Crippen LogP contribution in [0.3, 0.4) is 0 Å². The van der Waals surface area contributed by atoms with E-state index in [9.17, 15) is 24.0 Å². The number of rotatable bonds is 4. The number of hydrogen-bond donors (Lipinski definition) is 0.